The molecule has 164 valence electrons. The summed E-state index contributed by atoms with van der Waals surface area (Å²) in [5.74, 6) is 0.421. The van der Waals surface area contributed by atoms with Crippen LogP contribution in [0.1, 0.15) is 29.5 Å². The van der Waals surface area contributed by atoms with Crippen molar-refractivity contribution in [1.82, 2.24) is 5.32 Å². The Morgan fingerprint density at radius 1 is 1.13 bits per heavy atom. The third-order valence-electron chi connectivity index (χ3n) is 4.57. The number of carbonyl (C=O) groups is 1. The predicted octanol–water partition coefficient (Wildman–Crippen LogP) is 4.01. The number of sulfonamides is 1. The molecule has 0 radical (unpaired) electrons. The molecule has 30 heavy (non-hydrogen) atoms. The molecule has 0 spiro atoms. The fourth-order valence-corrected chi connectivity index (χ4v) is 4.66. The number of hydrogen-bond acceptors (Lipinski definition) is 4. The lowest BCUT2D eigenvalue weighted by Gasteiger charge is -2.26. The van der Waals surface area contributed by atoms with Crippen LogP contribution in [0.15, 0.2) is 36.4 Å². The quantitative estimate of drug-likeness (QED) is 0.552. The summed E-state index contributed by atoms with van der Waals surface area (Å²) in [5, 5.41) is 3.30. The number of nitrogens with one attached hydrogen (secondary N) is 1. The van der Waals surface area contributed by atoms with E-state index in [0.717, 1.165) is 16.7 Å². The molecule has 8 heteroatoms. The molecular weight excluding hydrogens is 424 g/mol. The van der Waals surface area contributed by atoms with Crippen molar-refractivity contribution in [2.24, 2.45) is 0 Å². The van der Waals surface area contributed by atoms with Crippen LogP contribution in [0.5, 0.6) is 5.75 Å². The second-order valence-electron chi connectivity index (χ2n) is 7.31. The molecule has 0 saturated carbocycles. The lowest BCUT2D eigenvalue weighted by atomic mass is 10.0. The molecule has 0 aliphatic heterocycles. The van der Waals surface area contributed by atoms with Gasteiger partial charge in [0.25, 0.3) is 0 Å². The zero-order valence-corrected chi connectivity index (χ0v) is 19.4. The van der Waals surface area contributed by atoms with E-state index >= 15 is 0 Å². The van der Waals surface area contributed by atoms with Gasteiger partial charge in [-0.3, -0.25) is 9.10 Å². The molecule has 0 heterocycles. The Morgan fingerprint density at radius 3 is 2.37 bits per heavy atom. The number of rotatable bonds is 10. The summed E-state index contributed by atoms with van der Waals surface area (Å²) in [6, 6.07) is 11.1. The second-order valence-corrected chi connectivity index (χ2v) is 9.63. The number of nitrogens with zero attached hydrogens (tertiary/aromatic N) is 1. The van der Waals surface area contributed by atoms with Crippen molar-refractivity contribution in [1.29, 1.82) is 0 Å². The predicted molar refractivity (Wildman–Crippen MR) is 122 cm³/mol. The molecule has 2 aromatic rings. The van der Waals surface area contributed by atoms with Crippen molar-refractivity contribution in [2.45, 2.75) is 33.6 Å². The summed E-state index contributed by atoms with van der Waals surface area (Å²) >= 11 is 6.02. The zero-order chi connectivity index (χ0) is 22.3. The minimum atomic E-state index is -3.46. The largest absolute Gasteiger partial charge is 0.490 e. The van der Waals surface area contributed by atoms with Crippen molar-refractivity contribution in [3.8, 4) is 5.75 Å². The number of anilines is 1. The topological polar surface area (TPSA) is 75.7 Å². The Hall–Kier alpha value is -2.25. The molecular formula is C22H29ClN2O4S. The van der Waals surface area contributed by atoms with Crippen LogP contribution in [-0.4, -0.2) is 40.3 Å². The van der Waals surface area contributed by atoms with E-state index in [-0.39, 0.29) is 18.9 Å². The number of aryl methyl sites for hydroxylation is 3. The molecule has 6 nitrogen and oxygen atoms in total. The van der Waals surface area contributed by atoms with Gasteiger partial charge in [0.1, 0.15) is 12.4 Å². The lowest BCUT2D eigenvalue weighted by Crippen LogP contribution is -2.33. The van der Waals surface area contributed by atoms with Crippen LogP contribution >= 0.6 is 11.6 Å². The van der Waals surface area contributed by atoms with Crippen molar-refractivity contribution >= 4 is 33.2 Å². The Balaban J connectivity index is 1.85. The van der Waals surface area contributed by atoms with Crippen molar-refractivity contribution in [3.05, 3.63) is 58.1 Å². The van der Waals surface area contributed by atoms with Gasteiger partial charge >= 0.3 is 0 Å². The van der Waals surface area contributed by atoms with Crippen molar-refractivity contribution in [2.75, 3.05) is 30.3 Å². The first kappa shape index (κ1) is 24.0. The van der Waals surface area contributed by atoms with Gasteiger partial charge in [-0.2, -0.15) is 0 Å². The lowest BCUT2D eigenvalue weighted by molar-refractivity contribution is -0.121. The standard InChI is InChI=1S/C22H29ClN2O4S/c1-16-14-17(2)22(18(3)15-16)25(30(4,27)28)12-7-10-21(26)24-11-13-29-20-9-6-5-8-19(20)23/h5-6,8-9,14-15H,7,10-13H2,1-4H3,(H,24,26). The Bertz CT molecular complexity index is 969. The third kappa shape index (κ3) is 6.92. The van der Waals surface area contributed by atoms with Gasteiger partial charge in [0, 0.05) is 13.0 Å². The summed E-state index contributed by atoms with van der Waals surface area (Å²) < 4.78 is 31.7. The van der Waals surface area contributed by atoms with Crippen LogP contribution in [0.25, 0.3) is 0 Å². The molecule has 0 bridgehead atoms. The van der Waals surface area contributed by atoms with Gasteiger partial charge in [-0.1, -0.05) is 41.4 Å². The number of amides is 1. The molecule has 0 aliphatic rings. The molecule has 0 atom stereocenters. The number of hydrogen-bond donors (Lipinski definition) is 1. The van der Waals surface area contributed by atoms with E-state index in [1.807, 2.05) is 45.0 Å². The smallest absolute Gasteiger partial charge is 0.232 e. The van der Waals surface area contributed by atoms with E-state index in [2.05, 4.69) is 5.32 Å². The van der Waals surface area contributed by atoms with E-state index in [0.29, 0.717) is 36.0 Å². The maximum absolute atomic E-state index is 12.4. The normalized spacial score (nSPS) is 11.2. The second kappa shape index (κ2) is 10.7. The van der Waals surface area contributed by atoms with Crippen LogP contribution in [0.3, 0.4) is 0 Å². The molecule has 1 amide bonds. The first-order valence-electron chi connectivity index (χ1n) is 9.79. The molecule has 0 saturated heterocycles. The third-order valence-corrected chi connectivity index (χ3v) is 6.05. The van der Waals surface area contributed by atoms with E-state index in [9.17, 15) is 13.2 Å². The van der Waals surface area contributed by atoms with Crippen molar-refractivity contribution in [3.63, 3.8) is 0 Å². The van der Waals surface area contributed by atoms with Crippen LogP contribution in [0.2, 0.25) is 5.02 Å². The SMILES string of the molecule is Cc1cc(C)c(N(CCCC(=O)NCCOc2ccccc2Cl)S(C)(=O)=O)c(C)c1. The Labute approximate surface area is 184 Å². The van der Waals surface area contributed by atoms with Gasteiger partial charge in [0.2, 0.25) is 15.9 Å². The van der Waals surface area contributed by atoms with Gasteiger partial charge < -0.3 is 10.1 Å². The molecule has 0 aromatic heterocycles. The van der Waals surface area contributed by atoms with Gasteiger partial charge in [0.15, 0.2) is 0 Å². The van der Waals surface area contributed by atoms with E-state index in [1.165, 1.54) is 10.6 Å². The monoisotopic (exact) mass is 452 g/mol. The van der Waals surface area contributed by atoms with Crippen LogP contribution in [-0.2, 0) is 14.8 Å². The number of benzene rings is 2. The van der Waals surface area contributed by atoms with Gasteiger partial charge in [-0.25, -0.2) is 8.42 Å². The zero-order valence-electron chi connectivity index (χ0n) is 17.9. The molecule has 2 aromatic carbocycles. The highest BCUT2D eigenvalue weighted by molar-refractivity contribution is 7.92. The van der Waals surface area contributed by atoms with Crippen LogP contribution in [0, 0.1) is 20.8 Å². The molecule has 2 rings (SSSR count). The summed E-state index contributed by atoms with van der Waals surface area (Å²) in [6.45, 7) is 6.67. The first-order valence-corrected chi connectivity index (χ1v) is 12.0. The van der Waals surface area contributed by atoms with Gasteiger partial charge in [-0.15, -0.1) is 0 Å². The number of ether oxygens (including phenoxy) is 1. The maximum Gasteiger partial charge on any atom is 0.232 e. The Kier molecular flexibility index (Phi) is 8.55. The van der Waals surface area contributed by atoms with E-state index in [1.54, 1.807) is 12.1 Å². The highest BCUT2D eigenvalue weighted by Crippen LogP contribution is 2.28. The summed E-state index contributed by atoms with van der Waals surface area (Å²) in [6.07, 6.45) is 1.83. The summed E-state index contributed by atoms with van der Waals surface area (Å²) in [7, 11) is -3.46. The Morgan fingerprint density at radius 2 is 1.77 bits per heavy atom. The fourth-order valence-electron chi connectivity index (χ4n) is 3.39. The van der Waals surface area contributed by atoms with E-state index in [4.69, 9.17) is 16.3 Å². The average molecular weight is 453 g/mol. The molecule has 0 fully saturated rings. The van der Waals surface area contributed by atoms with Crippen LogP contribution in [0.4, 0.5) is 5.69 Å². The number of halogens is 1. The maximum atomic E-state index is 12.4. The first-order chi connectivity index (χ1) is 14.1. The fraction of sp³-hybridized carbons (Fsp3) is 0.409. The molecule has 1 N–H and O–H groups in total. The van der Waals surface area contributed by atoms with Gasteiger partial charge in [0.05, 0.1) is 23.5 Å². The molecule has 0 unspecified atom stereocenters. The highest BCUT2D eigenvalue weighted by Gasteiger charge is 2.21. The molecule has 0 aliphatic carbocycles. The van der Waals surface area contributed by atoms with Crippen molar-refractivity contribution < 1.29 is 17.9 Å². The van der Waals surface area contributed by atoms with E-state index < -0.39 is 10.0 Å². The minimum Gasteiger partial charge on any atom is -0.490 e. The minimum absolute atomic E-state index is 0.149. The van der Waals surface area contributed by atoms with Gasteiger partial charge in [-0.05, 0) is 50.5 Å². The summed E-state index contributed by atoms with van der Waals surface area (Å²) in [5.41, 5.74) is 3.58. The average Bonchev–Trinajstić information content (AvgIpc) is 2.63. The summed E-state index contributed by atoms with van der Waals surface area (Å²) in [4.78, 5) is 12.1. The van der Waals surface area contributed by atoms with Crippen LogP contribution < -0.4 is 14.4 Å². The number of para-hydroxylation sites is 1. The highest BCUT2D eigenvalue weighted by atomic mass is 35.5. The number of carbonyl (C=O) groups excluding carboxylic acids is 1.